The first-order chi connectivity index (χ1) is 23.3. The normalized spacial score (nSPS) is 13.3. The predicted molar refractivity (Wildman–Crippen MR) is 181 cm³/mol. The number of nitrogens with one attached hydrogen (secondary N) is 1. The van der Waals surface area contributed by atoms with Crippen LogP contribution in [0, 0.1) is 17.8 Å². The van der Waals surface area contributed by atoms with Crippen molar-refractivity contribution >= 4 is 35.6 Å². The summed E-state index contributed by atoms with van der Waals surface area (Å²) in [5, 5.41) is 32.5. The molecule has 0 aliphatic heterocycles. The Labute approximate surface area is 288 Å². The van der Waals surface area contributed by atoms with E-state index in [1.807, 2.05) is 0 Å². The molecule has 12 nitrogen and oxygen atoms in total. The van der Waals surface area contributed by atoms with E-state index in [0.29, 0.717) is 37.0 Å². The van der Waals surface area contributed by atoms with Crippen molar-refractivity contribution in [3.63, 3.8) is 0 Å². The monoisotopic (exact) mass is 685 g/mol. The molecule has 0 spiro atoms. The Morgan fingerprint density at radius 2 is 1.53 bits per heavy atom. The van der Waals surface area contributed by atoms with Crippen molar-refractivity contribution in [3.8, 4) is 17.6 Å². The summed E-state index contributed by atoms with van der Waals surface area (Å²) in [5.41, 5.74) is -2.54. The van der Waals surface area contributed by atoms with Gasteiger partial charge in [-0.15, -0.1) is 5.92 Å². The molecule has 0 unspecified atom stereocenters. The van der Waals surface area contributed by atoms with Crippen molar-refractivity contribution in [2.45, 2.75) is 122 Å². The van der Waals surface area contributed by atoms with E-state index in [1.165, 1.54) is 12.5 Å². The molecule has 0 heterocycles. The highest BCUT2D eigenvalue weighted by molar-refractivity contribution is 5.96. The van der Waals surface area contributed by atoms with Crippen molar-refractivity contribution in [2.75, 3.05) is 6.61 Å². The van der Waals surface area contributed by atoms with Gasteiger partial charge in [0.15, 0.2) is 5.60 Å². The Morgan fingerprint density at radius 3 is 2.08 bits per heavy atom. The van der Waals surface area contributed by atoms with Crippen LogP contribution in [0.2, 0.25) is 0 Å². The minimum atomic E-state index is -3.06. The number of benzene rings is 1. The summed E-state index contributed by atoms with van der Waals surface area (Å²) in [6.45, 7) is 4.98. The molecule has 0 saturated carbocycles. The maximum absolute atomic E-state index is 13.5. The van der Waals surface area contributed by atoms with Crippen LogP contribution in [-0.2, 0) is 39.9 Å². The second-order valence-electron chi connectivity index (χ2n) is 11.9. The quantitative estimate of drug-likeness (QED) is 0.0358. The second-order valence-corrected chi connectivity index (χ2v) is 11.9. The fraction of sp³-hybridized carbons (Fsp3) is 0.568. The number of ketones is 1. The van der Waals surface area contributed by atoms with Gasteiger partial charge in [-0.25, -0.2) is 9.59 Å². The number of aliphatic hydroxyl groups is 1. The number of unbranched alkanes of at least 4 members (excludes halogenated alkanes) is 8. The molecule has 3 atom stereocenters. The average Bonchev–Trinajstić information content (AvgIpc) is 3.03. The number of aliphatic carboxylic acids is 2. The fourth-order valence-corrected chi connectivity index (χ4v) is 5.05. The smallest absolute Gasteiger partial charge is 0.337 e. The SMILES string of the molecule is CC#CCOc1ccc(C[C@H](NC(=O)[C@@H](C=CCCCCCCC(=O)CCCCCCC)[C@@](O)(CC(=O)O)C(=O)O)C(=O)OC(C)=O)cc1. The Kier molecular flexibility index (Phi) is 20.6. The van der Waals surface area contributed by atoms with Gasteiger partial charge in [-0.2, -0.15) is 0 Å². The molecule has 1 aromatic carbocycles. The number of carboxylic acid groups (broad SMARTS) is 2. The minimum Gasteiger partial charge on any atom is -0.481 e. The maximum Gasteiger partial charge on any atom is 0.337 e. The zero-order chi connectivity index (χ0) is 36.7. The zero-order valence-electron chi connectivity index (χ0n) is 28.8. The van der Waals surface area contributed by atoms with Crippen molar-refractivity contribution in [2.24, 2.45) is 5.92 Å². The summed E-state index contributed by atoms with van der Waals surface area (Å²) in [7, 11) is 0. The van der Waals surface area contributed by atoms with Crippen LogP contribution in [0.15, 0.2) is 36.4 Å². The summed E-state index contributed by atoms with van der Waals surface area (Å²) in [6.07, 6.45) is 11.0. The van der Waals surface area contributed by atoms with Crippen molar-refractivity contribution < 1.29 is 53.6 Å². The van der Waals surface area contributed by atoms with Gasteiger partial charge in [0.2, 0.25) is 5.91 Å². The number of esters is 2. The van der Waals surface area contributed by atoms with E-state index in [2.05, 4.69) is 24.1 Å². The number of carbonyl (C=O) groups excluding carboxylic acids is 4. The standard InChI is InChI=1S/C37H51NO11/c1-4-6-8-11-14-17-29(40)18-15-12-9-10-13-16-19-31(37(47,36(45)46)26-33(41)42)34(43)38-32(35(44)49-27(3)39)25-28-20-22-30(23-21-28)48-24-7-5-2/h16,19-23,31-32,47H,4,6,8-15,17-18,24-26H2,1-3H3,(H,38,43)(H,41,42)(H,45,46)/t31-,32+,37+/m1/s1. The number of amides is 1. The third-order valence-corrected chi connectivity index (χ3v) is 7.75. The number of hydrogen-bond acceptors (Lipinski definition) is 9. The molecular formula is C37H51NO11. The van der Waals surface area contributed by atoms with E-state index in [9.17, 15) is 44.1 Å². The van der Waals surface area contributed by atoms with E-state index in [-0.39, 0.29) is 18.8 Å². The molecule has 0 radical (unpaired) electrons. The number of Topliss-reactive ketones (excluding diaryl/α,β-unsaturated/α-hetero) is 1. The molecule has 4 N–H and O–H groups in total. The molecule has 270 valence electrons. The van der Waals surface area contributed by atoms with Crippen LogP contribution < -0.4 is 10.1 Å². The van der Waals surface area contributed by atoms with Gasteiger partial charge in [-0.1, -0.05) is 75.7 Å². The van der Waals surface area contributed by atoms with Gasteiger partial charge in [0, 0.05) is 26.2 Å². The van der Waals surface area contributed by atoms with Crippen LogP contribution >= 0.6 is 0 Å². The van der Waals surface area contributed by atoms with Gasteiger partial charge in [0.25, 0.3) is 0 Å². The van der Waals surface area contributed by atoms with Gasteiger partial charge in [-0.05, 0) is 50.3 Å². The third kappa shape index (κ3) is 17.5. The lowest BCUT2D eigenvalue weighted by Crippen LogP contribution is -2.55. The number of carboxylic acids is 2. The lowest BCUT2D eigenvalue weighted by Gasteiger charge is -2.29. The Morgan fingerprint density at radius 1 is 0.918 bits per heavy atom. The number of ether oxygens (including phenoxy) is 2. The molecule has 0 aromatic heterocycles. The molecule has 0 aliphatic carbocycles. The first kappa shape index (κ1) is 42.5. The number of allylic oxidation sites excluding steroid dienone is 1. The lowest BCUT2D eigenvalue weighted by atomic mass is 9.82. The Bertz CT molecular complexity index is 1330. The van der Waals surface area contributed by atoms with Crippen molar-refractivity contribution in [1.29, 1.82) is 0 Å². The second kappa shape index (κ2) is 23.8. The molecule has 49 heavy (non-hydrogen) atoms. The summed E-state index contributed by atoms with van der Waals surface area (Å²) in [5.74, 6) is -2.55. The summed E-state index contributed by atoms with van der Waals surface area (Å²) < 4.78 is 10.2. The highest BCUT2D eigenvalue weighted by Gasteiger charge is 2.49. The topological polar surface area (TPSA) is 194 Å². The first-order valence-corrected chi connectivity index (χ1v) is 16.8. The lowest BCUT2D eigenvalue weighted by molar-refractivity contribution is -0.172. The Hall–Kier alpha value is -4.50. The van der Waals surface area contributed by atoms with E-state index in [4.69, 9.17) is 9.47 Å². The summed E-state index contributed by atoms with van der Waals surface area (Å²) in [6, 6.07) is 4.93. The molecule has 0 bridgehead atoms. The molecule has 1 aromatic rings. The largest absolute Gasteiger partial charge is 0.481 e. The van der Waals surface area contributed by atoms with Gasteiger partial charge in [0.1, 0.15) is 24.2 Å². The molecule has 12 heteroatoms. The maximum atomic E-state index is 13.5. The van der Waals surface area contributed by atoms with Crippen LogP contribution in [0.4, 0.5) is 0 Å². The molecular weight excluding hydrogens is 634 g/mol. The molecule has 1 amide bonds. The van der Waals surface area contributed by atoms with Crippen molar-refractivity contribution in [1.82, 2.24) is 5.32 Å². The molecule has 0 saturated heterocycles. The molecule has 0 aliphatic rings. The highest BCUT2D eigenvalue weighted by atomic mass is 16.6. The van der Waals surface area contributed by atoms with Crippen LogP contribution in [0.3, 0.4) is 0 Å². The molecule has 1 rings (SSSR count). The van der Waals surface area contributed by atoms with E-state index < -0.39 is 53.8 Å². The van der Waals surface area contributed by atoms with Crippen LogP contribution in [0.1, 0.15) is 110 Å². The average molecular weight is 686 g/mol. The van der Waals surface area contributed by atoms with E-state index in [1.54, 1.807) is 31.2 Å². The highest BCUT2D eigenvalue weighted by Crippen LogP contribution is 2.26. The zero-order valence-corrected chi connectivity index (χ0v) is 28.8. The van der Waals surface area contributed by atoms with Crippen LogP contribution in [0.25, 0.3) is 0 Å². The van der Waals surface area contributed by atoms with Gasteiger partial charge >= 0.3 is 23.9 Å². The van der Waals surface area contributed by atoms with E-state index >= 15 is 0 Å². The number of hydrogen-bond donors (Lipinski definition) is 4. The minimum absolute atomic E-state index is 0.164. The van der Waals surface area contributed by atoms with Crippen LogP contribution in [0.5, 0.6) is 5.75 Å². The summed E-state index contributed by atoms with van der Waals surface area (Å²) in [4.78, 5) is 73.7. The van der Waals surface area contributed by atoms with Gasteiger partial charge in [-0.3, -0.25) is 19.2 Å². The number of carbonyl (C=O) groups is 6. The van der Waals surface area contributed by atoms with Crippen molar-refractivity contribution in [3.05, 3.63) is 42.0 Å². The number of rotatable bonds is 25. The van der Waals surface area contributed by atoms with Gasteiger partial charge < -0.3 is 30.1 Å². The van der Waals surface area contributed by atoms with E-state index in [0.717, 1.165) is 57.9 Å². The predicted octanol–water partition coefficient (Wildman–Crippen LogP) is 4.94. The molecule has 0 fully saturated rings. The fourth-order valence-electron chi connectivity index (χ4n) is 5.05. The summed E-state index contributed by atoms with van der Waals surface area (Å²) >= 11 is 0. The van der Waals surface area contributed by atoms with Gasteiger partial charge in [0.05, 0.1) is 12.3 Å². The van der Waals surface area contributed by atoms with Crippen LogP contribution in [-0.4, -0.2) is 69.1 Å². The first-order valence-electron chi connectivity index (χ1n) is 16.8. The Balaban J connectivity index is 2.99. The third-order valence-electron chi connectivity index (χ3n) is 7.75.